The van der Waals surface area contributed by atoms with Gasteiger partial charge in [0.25, 0.3) is 0 Å². The maximum Gasteiger partial charge on any atom is 0.332 e. The summed E-state index contributed by atoms with van der Waals surface area (Å²) in [6.07, 6.45) is 11.7. The lowest BCUT2D eigenvalue weighted by molar-refractivity contribution is -0.146. The number of carbonyl (C=O) groups is 1. The Morgan fingerprint density at radius 1 is 1.50 bits per heavy atom. The minimum atomic E-state index is -0.442. The summed E-state index contributed by atoms with van der Waals surface area (Å²) < 4.78 is 5.86. The Bertz CT molecular complexity index is 718. The zero-order valence-corrected chi connectivity index (χ0v) is 14.6. The van der Waals surface area contributed by atoms with Crippen LogP contribution < -0.4 is 0 Å². The second-order valence-corrected chi connectivity index (χ2v) is 7.24. The highest BCUT2D eigenvalue weighted by Crippen LogP contribution is 2.58. The molecule has 0 saturated carbocycles. The topological polar surface area (TPSA) is 29.5 Å². The third kappa shape index (κ3) is 2.13. The van der Waals surface area contributed by atoms with Gasteiger partial charge in [-0.05, 0) is 32.7 Å². The van der Waals surface area contributed by atoms with Gasteiger partial charge in [0.15, 0.2) is 5.60 Å². The number of ether oxygens (including phenoxy) is 1. The van der Waals surface area contributed by atoms with E-state index in [1.807, 2.05) is 6.92 Å². The van der Waals surface area contributed by atoms with Gasteiger partial charge in [-0.1, -0.05) is 43.8 Å². The standard InChI is InChI=1S/C21H25NO2/c1-3-7-15(8-4-2)10-11-16-17-13-20(23)24-21(17)18(16)14-22-12-6-5-9-19(21)22/h3,7,13,15,19H,4-6,8-9,12,14H2,1-2H3/b7-3-/t15?,19?,21-/m1/s1. The molecule has 126 valence electrons. The Labute approximate surface area is 144 Å². The first-order valence-electron chi connectivity index (χ1n) is 9.28. The number of fused-ring (bicyclic) bond motifs is 1. The van der Waals surface area contributed by atoms with Crippen molar-refractivity contribution in [2.75, 3.05) is 13.1 Å². The molecule has 3 atom stereocenters. The summed E-state index contributed by atoms with van der Waals surface area (Å²) in [6, 6.07) is 0.339. The quantitative estimate of drug-likeness (QED) is 0.453. The van der Waals surface area contributed by atoms with E-state index in [0.717, 1.165) is 43.5 Å². The monoisotopic (exact) mass is 323 g/mol. The van der Waals surface area contributed by atoms with Crippen LogP contribution in [0.4, 0.5) is 0 Å². The molecule has 0 aromatic heterocycles. The highest BCUT2D eigenvalue weighted by atomic mass is 16.6. The fourth-order valence-electron chi connectivity index (χ4n) is 4.79. The van der Waals surface area contributed by atoms with Crippen molar-refractivity contribution in [2.45, 2.75) is 57.6 Å². The Hall–Kier alpha value is -1.79. The summed E-state index contributed by atoms with van der Waals surface area (Å²) >= 11 is 0. The minimum Gasteiger partial charge on any atom is -0.445 e. The maximum absolute atomic E-state index is 12.0. The molecule has 4 rings (SSSR count). The van der Waals surface area contributed by atoms with Crippen LogP contribution in [0.25, 0.3) is 0 Å². The maximum atomic E-state index is 12.0. The Kier molecular flexibility index (Phi) is 3.89. The molecule has 3 heterocycles. The zero-order chi connectivity index (χ0) is 16.7. The van der Waals surface area contributed by atoms with Crippen LogP contribution in [0, 0.1) is 17.8 Å². The van der Waals surface area contributed by atoms with Crippen LogP contribution in [0.1, 0.15) is 46.0 Å². The molecule has 3 nitrogen and oxygen atoms in total. The van der Waals surface area contributed by atoms with Crippen molar-refractivity contribution < 1.29 is 9.53 Å². The SMILES string of the molecule is C/C=C\C(C#CC1=C2CN3CCCCC3[C@]23OC(=O)C=C13)CCC. The molecule has 3 aliphatic heterocycles. The van der Waals surface area contributed by atoms with Crippen LogP contribution in [0.3, 0.4) is 0 Å². The van der Waals surface area contributed by atoms with E-state index in [0.29, 0.717) is 12.0 Å². The normalized spacial score (nSPS) is 32.3. The second kappa shape index (κ2) is 5.93. The van der Waals surface area contributed by atoms with E-state index in [4.69, 9.17) is 4.74 Å². The van der Waals surface area contributed by atoms with Crippen molar-refractivity contribution >= 4 is 5.97 Å². The van der Waals surface area contributed by atoms with Crippen LogP contribution in [0.5, 0.6) is 0 Å². The number of nitrogens with zero attached hydrogens (tertiary/aromatic N) is 1. The fourth-order valence-corrected chi connectivity index (χ4v) is 4.79. The van der Waals surface area contributed by atoms with Crippen LogP contribution in [-0.4, -0.2) is 35.6 Å². The van der Waals surface area contributed by atoms with Crippen molar-refractivity contribution in [1.29, 1.82) is 0 Å². The van der Waals surface area contributed by atoms with E-state index >= 15 is 0 Å². The van der Waals surface area contributed by atoms with Crippen molar-refractivity contribution in [1.82, 2.24) is 4.90 Å². The lowest BCUT2D eigenvalue weighted by Gasteiger charge is -2.43. The lowest BCUT2D eigenvalue weighted by atomic mass is 9.67. The van der Waals surface area contributed by atoms with Crippen LogP contribution in [-0.2, 0) is 9.53 Å². The van der Waals surface area contributed by atoms with Gasteiger partial charge in [-0.3, -0.25) is 4.90 Å². The number of allylic oxidation sites excluding steroid dienone is 2. The van der Waals surface area contributed by atoms with E-state index in [1.165, 1.54) is 18.4 Å². The zero-order valence-electron chi connectivity index (χ0n) is 14.6. The van der Waals surface area contributed by atoms with E-state index in [1.54, 1.807) is 6.08 Å². The first-order valence-corrected chi connectivity index (χ1v) is 9.28. The molecule has 0 bridgehead atoms. The van der Waals surface area contributed by atoms with Gasteiger partial charge in [-0.15, -0.1) is 0 Å². The first-order chi connectivity index (χ1) is 11.7. The number of hydrogen-bond donors (Lipinski definition) is 0. The van der Waals surface area contributed by atoms with Crippen molar-refractivity contribution in [3.05, 3.63) is 34.9 Å². The predicted molar refractivity (Wildman–Crippen MR) is 94.1 cm³/mol. The summed E-state index contributed by atoms with van der Waals surface area (Å²) in [7, 11) is 0. The van der Waals surface area contributed by atoms with Gasteiger partial charge in [-0.25, -0.2) is 4.79 Å². The van der Waals surface area contributed by atoms with Gasteiger partial charge in [0.2, 0.25) is 0 Å². The minimum absolute atomic E-state index is 0.190. The lowest BCUT2D eigenvalue weighted by Crippen LogP contribution is -2.52. The van der Waals surface area contributed by atoms with E-state index in [9.17, 15) is 4.79 Å². The Morgan fingerprint density at radius 3 is 3.17 bits per heavy atom. The number of carbonyl (C=O) groups excluding carboxylic acids is 1. The third-order valence-corrected chi connectivity index (χ3v) is 5.79. The molecule has 1 aliphatic carbocycles. The summed E-state index contributed by atoms with van der Waals surface area (Å²) in [5, 5.41) is 0. The molecule has 2 fully saturated rings. The first kappa shape index (κ1) is 15.7. The van der Waals surface area contributed by atoms with Crippen LogP contribution in [0.15, 0.2) is 34.9 Å². The molecule has 2 saturated heterocycles. The second-order valence-electron chi connectivity index (χ2n) is 7.24. The summed E-state index contributed by atoms with van der Waals surface area (Å²) in [4.78, 5) is 14.5. The van der Waals surface area contributed by atoms with Gasteiger partial charge in [0.05, 0.1) is 6.04 Å². The molecular weight excluding hydrogens is 298 g/mol. The molecule has 1 spiro atoms. The van der Waals surface area contributed by atoms with Crippen LogP contribution >= 0.6 is 0 Å². The van der Waals surface area contributed by atoms with E-state index in [2.05, 4.69) is 35.8 Å². The highest BCUT2D eigenvalue weighted by molar-refractivity contribution is 5.94. The molecule has 3 heteroatoms. The molecule has 0 N–H and O–H groups in total. The molecule has 0 amide bonds. The predicted octanol–water partition coefficient (Wildman–Crippen LogP) is 3.38. The fraction of sp³-hybridized carbons (Fsp3) is 0.571. The molecule has 0 aromatic carbocycles. The Morgan fingerprint density at radius 2 is 2.38 bits per heavy atom. The average Bonchev–Trinajstić information content (AvgIpc) is 3.02. The van der Waals surface area contributed by atoms with Crippen LogP contribution in [0.2, 0.25) is 0 Å². The molecular formula is C21H25NO2. The Balaban J connectivity index is 1.69. The summed E-state index contributed by atoms with van der Waals surface area (Å²) in [5.74, 6) is 6.94. The number of esters is 1. The van der Waals surface area contributed by atoms with E-state index < -0.39 is 5.60 Å². The summed E-state index contributed by atoms with van der Waals surface area (Å²) in [5.41, 5.74) is 2.96. The third-order valence-electron chi connectivity index (χ3n) is 5.79. The summed E-state index contributed by atoms with van der Waals surface area (Å²) in [6.45, 7) is 6.26. The highest BCUT2D eigenvalue weighted by Gasteiger charge is 2.66. The molecule has 4 aliphatic rings. The largest absolute Gasteiger partial charge is 0.445 e. The van der Waals surface area contributed by atoms with Gasteiger partial charge >= 0.3 is 5.97 Å². The number of rotatable bonds is 3. The average molecular weight is 323 g/mol. The van der Waals surface area contributed by atoms with Gasteiger partial charge in [-0.2, -0.15) is 0 Å². The van der Waals surface area contributed by atoms with Crippen molar-refractivity contribution in [2.24, 2.45) is 5.92 Å². The van der Waals surface area contributed by atoms with Crippen molar-refractivity contribution in [3.8, 4) is 11.8 Å². The number of piperidine rings is 1. The molecule has 24 heavy (non-hydrogen) atoms. The smallest absolute Gasteiger partial charge is 0.332 e. The van der Waals surface area contributed by atoms with Crippen molar-refractivity contribution in [3.63, 3.8) is 0 Å². The van der Waals surface area contributed by atoms with E-state index in [-0.39, 0.29) is 5.97 Å². The van der Waals surface area contributed by atoms with Gasteiger partial charge in [0.1, 0.15) is 0 Å². The molecule has 2 unspecified atom stereocenters. The van der Waals surface area contributed by atoms with Gasteiger partial charge in [0, 0.05) is 35.3 Å². The van der Waals surface area contributed by atoms with Gasteiger partial charge < -0.3 is 4.74 Å². The molecule has 0 aromatic rings. The molecule has 0 radical (unpaired) electrons. The number of hydrogen-bond acceptors (Lipinski definition) is 3.